The number of hydrogen-bond donors (Lipinski definition) is 0. The fraction of sp³-hybridized carbons (Fsp3) is 0.375. The lowest BCUT2D eigenvalue weighted by Crippen LogP contribution is -2.39. The van der Waals surface area contributed by atoms with Crippen molar-refractivity contribution < 1.29 is 4.79 Å². The molecule has 0 aliphatic carbocycles. The highest BCUT2D eigenvalue weighted by Crippen LogP contribution is 2.34. The topological polar surface area (TPSA) is 41.4 Å². The predicted molar refractivity (Wildman–Crippen MR) is 83.8 cm³/mol. The first-order valence-electron chi connectivity index (χ1n) is 7.21. The van der Waals surface area contributed by atoms with Crippen LogP contribution in [0, 0.1) is 0 Å². The second kappa shape index (κ2) is 5.24. The van der Waals surface area contributed by atoms with Gasteiger partial charge in [0.2, 0.25) is 0 Å². The summed E-state index contributed by atoms with van der Waals surface area (Å²) in [5.74, 6) is 0.00486. The summed E-state index contributed by atoms with van der Waals surface area (Å²) in [5.41, 5.74) is 2.68. The Bertz CT molecular complexity index is 664. The molecular weight excluding hydrogens is 264 g/mol. The van der Waals surface area contributed by atoms with Crippen molar-refractivity contribution in [2.45, 2.75) is 19.4 Å². The summed E-state index contributed by atoms with van der Waals surface area (Å²) in [6, 6.07) is 10.00. The van der Waals surface area contributed by atoms with Crippen molar-refractivity contribution >= 4 is 17.3 Å². The van der Waals surface area contributed by atoms with Gasteiger partial charge in [-0.2, -0.15) is 5.10 Å². The molecule has 5 heteroatoms. The van der Waals surface area contributed by atoms with Crippen LogP contribution in [0.15, 0.2) is 36.5 Å². The summed E-state index contributed by atoms with van der Waals surface area (Å²) in [7, 11) is 3.87. The van der Waals surface area contributed by atoms with Crippen LogP contribution in [0.3, 0.4) is 0 Å². The van der Waals surface area contributed by atoms with Gasteiger partial charge < -0.3 is 9.80 Å². The molecule has 0 saturated heterocycles. The quantitative estimate of drug-likeness (QED) is 0.807. The minimum Gasteiger partial charge on any atom is -0.373 e. The Morgan fingerprint density at radius 1 is 1.19 bits per heavy atom. The zero-order valence-electron chi connectivity index (χ0n) is 12.7. The maximum Gasteiger partial charge on any atom is 0.276 e. The molecule has 2 aromatic rings. The molecule has 1 aromatic carbocycles. The Balaban J connectivity index is 2.09. The number of aromatic nitrogens is 2. The van der Waals surface area contributed by atoms with Crippen LogP contribution in [0.25, 0.3) is 0 Å². The number of rotatable bonds is 1. The van der Waals surface area contributed by atoms with Gasteiger partial charge in [0.05, 0.1) is 11.4 Å². The van der Waals surface area contributed by atoms with E-state index in [1.165, 1.54) is 0 Å². The number of carbonyl (C=O) groups excluding carboxylic acids is 1. The number of anilines is 2. The van der Waals surface area contributed by atoms with Crippen molar-refractivity contribution in [3.63, 3.8) is 0 Å². The van der Waals surface area contributed by atoms with E-state index in [-0.39, 0.29) is 11.9 Å². The lowest BCUT2D eigenvalue weighted by atomic mass is 10.1. The van der Waals surface area contributed by atoms with Crippen LogP contribution in [0.5, 0.6) is 0 Å². The van der Waals surface area contributed by atoms with E-state index in [9.17, 15) is 4.79 Å². The third-order valence-corrected chi connectivity index (χ3v) is 4.13. The summed E-state index contributed by atoms with van der Waals surface area (Å²) in [6.45, 7) is 3.04. The molecule has 0 fully saturated rings. The third kappa shape index (κ3) is 2.28. The van der Waals surface area contributed by atoms with Crippen LogP contribution in [0.4, 0.5) is 11.4 Å². The number of nitrogens with zero attached hydrogens (tertiary/aromatic N) is 4. The van der Waals surface area contributed by atoms with Crippen LogP contribution in [-0.4, -0.2) is 35.3 Å². The van der Waals surface area contributed by atoms with Crippen molar-refractivity contribution in [3.05, 3.63) is 42.2 Å². The Hall–Kier alpha value is -2.30. The number of amides is 1. The zero-order valence-corrected chi connectivity index (χ0v) is 12.7. The van der Waals surface area contributed by atoms with Crippen LogP contribution in [0.1, 0.15) is 23.8 Å². The van der Waals surface area contributed by atoms with Gasteiger partial charge in [-0.15, -0.1) is 0 Å². The number of aryl methyl sites for hydroxylation is 1. The van der Waals surface area contributed by atoms with Gasteiger partial charge in [-0.3, -0.25) is 9.48 Å². The second-order valence-electron chi connectivity index (χ2n) is 5.56. The zero-order chi connectivity index (χ0) is 15.0. The maximum absolute atomic E-state index is 13.0. The highest BCUT2D eigenvalue weighted by atomic mass is 16.2. The van der Waals surface area contributed by atoms with Crippen LogP contribution in [0.2, 0.25) is 0 Å². The van der Waals surface area contributed by atoms with Gasteiger partial charge in [-0.1, -0.05) is 12.1 Å². The number of para-hydroxylation sites is 2. The van der Waals surface area contributed by atoms with E-state index < -0.39 is 0 Å². The Labute approximate surface area is 124 Å². The standard InChI is InChI=1S/C16H20N4O/c1-12-9-11-18(2)13-6-4-5-7-14(13)20(12)16(21)15-8-10-17-19(15)3/h4-8,10,12H,9,11H2,1-3H3. The minimum absolute atomic E-state index is 0.00486. The summed E-state index contributed by atoms with van der Waals surface area (Å²) in [5, 5.41) is 4.11. The summed E-state index contributed by atoms with van der Waals surface area (Å²) in [4.78, 5) is 17.1. The van der Waals surface area contributed by atoms with Crippen molar-refractivity contribution in [1.29, 1.82) is 0 Å². The highest BCUT2D eigenvalue weighted by molar-refractivity contribution is 6.07. The highest BCUT2D eigenvalue weighted by Gasteiger charge is 2.30. The molecule has 1 aromatic heterocycles. The van der Waals surface area contributed by atoms with E-state index in [1.54, 1.807) is 24.0 Å². The summed E-state index contributed by atoms with van der Waals surface area (Å²) >= 11 is 0. The molecule has 1 aliphatic rings. The minimum atomic E-state index is 0.00486. The van der Waals surface area contributed by atoms with Gasteiger partial charge in [0, 0.05) is 32.9 Å². The van der Waals surface area contributed by atoms with E-state index in [4.69, 9.17) is 0 Å². The summed E-state index contributed by atoms with van der Waals surface area (Å²) in [6.07, 6.45) is 2.60. The van der Waals surface area contributed by atoms with Gasteiger partial charge in [0.1, 0.15) is 5.69 Å². The Morgan fingerprint density at radius 2 is 1.90 bits per heavy atom. The molecule has 0 radical (unpaired) electrons. The van der Waals surface area contributed by atoms with Gasteiger partial charge in [0.15, 0.2) is 0 Å². The molecule has 21 heavy (non-hydrogen) atoms. The van der Waals surface area contributed by atoms with E-state index in [1.807, 2.05) is 23.1 Å². The molecule has 1 aliphatic heterocycles. The van der Waals surface area contributed by atoms with Gasteiger partial charge in [-0.05, 0) is 31.5 Å². The molecule has 0 saturated carbocycles. The lowest BCUT2D eigenvalue weighted by molar-refractivity contribution is 0.0969. The van der Waals surface area contributed by atoms with E-state index in [2.05, 4.69) is 30.0 Å². The van der Waals surface area contributed by atoms with E-state index in [0.717, 1.165) is 24.3 Å². The number of hydrogen-bond acceptors (Lipinski definition) is 3. The maximum atomic E-state index is 13.0. The van der Waals surface area contributed by atoms with Crippen molar-refractivity contribution in [3.8, 4) is 0 Å². The van der Waals surface area contributed by atoms with Crippen LogP contribution >= 0.6 is 0 Å². The normalized spacial score (nSPS) is 18.3. The number of carbonyl (C=O) groups is 1. The first-order valence-corrected chi connectivity index (χ1v) is 7.21. The molecular formula is C16H20N4O. The first kappa shape index (κ1) is 13.7. The smallest absolute Gasteiger partial charge is 0.276 e. The molecule has 1 unspecified atom stereocenters. The molecule has 110 valence electrons. The van der Waals surface area contributed by atoms with Gasteiger partial charge in [0.25, 0.3) is 5.91 Å². The van der Waals surface area contributed by atoms with Crippen molar-refractivity contribution in [2.24, 2.45) is 7.05 Å². The second-order valence-corrected chi connectivity index (χ2v) is 5.56. The van der Waals surface area contributed by atoms with Crippen LogP contribution in [-0.2, 0) is 7.05 Å². The molecule has 0 spiro atoms. The molecule has 1 amide bonds. The number of fused-ring (bicyclic) bond motifs is 1. The van der Waals surface area contributed by atoms with Crippen molar-refractivity contribution in [2.75, 3.05) is 23.4 Å². The molecule has 2 heterocycles. The SMILES string of the molecule is CC1CCN(C)c2ccccc2N1C(=O)c1ccnn1C. The molecule has 1 atom stereocenters. The fourth-order valence-corrected chi connectivity index (χ4v) is 2.87. The largest absolute Gasteiger partial charge is 0.373 e. The molecule has 0 N–H and O–H groups in total. The Kier molecular flexibility index (Phi) is 3.41. The average Bonchev–Trinajstić information content (AvgIpc) is 2.86. The molecule has 3 rings (SSSR count). The monoisotopic (exact) mass is 284 g/mol. The first-order chi connectivity index (χ1) is 10.1. The van der Waals surface area contributed by atoms with Gasteiger partial charge >= 0.3 is 0 Å². The molecule has 5 nitrogen and oxygen atoms in total. The average molecular weight is 284 g/mol. The summed E-state index contributed by atoms with van der Waals surface area (Å²) < 4.78 is 1.63. The van der Waals surface area contributed by atoms with Gasteiger partial charge in [-0.25, -0.2) is 0 Å². The molecule has 0 bridgehead atoms. The lowest BCUT2D eigenvalue weighted by Gasteiger charge is -2.28. The fourth-order valence-electron chi connectivity index (χ4n) is 2.87. The third-order valence-electron chi connectivity index (χ3n) is 4.13. The van der Waals surface area contributed by atoms with Crippen LogP contribution < -0.4 is 9.80 Å². The number of benzene rings is 1. The van der Waals surface area contributed by atoms with E-state index >= 15 is 0 Å². The predicted octanol–water partition coefficient (Wildman–Crippen LogP) is 2.30. The van der Waals surface area contributed by atoms with Crippen molar-refractivity contribution in [1.82, 2.24) is 9.78 Å². The van der Waals surface area contributed by atoms with E-state index in [0.29, 0.717) is 5.69 Å². The Morgan fingerprint density at radius 3 is 2.57 bits per heavy atom.